The zero-order chi connectivity index (χ0) is 20.2. The summed E-state index contributed by atoms with van der Waals surface area (Å²) in [6.07, 6.45) is 3.10. The van der Waals surface area contributed by atoms with Gasteiger partial charge in [0.2, 0.25) is 11.8 Å². The van der Waals surface area contributed by atoms with Crippen molar-refractivity contribution < 1.29 is 9.21 Å². The van der Waals surface area contributed by atoms with E-state index in [-0.39, 0.29) is 5.95 Å². The van der Waals surface area contributed by atoms with Crippen LogP contribution in [-0.4, -0.2) is 34.6 Å². The molecular formula is C19H14ClN7O2. The summed E-state index contributed by atoms with van der Waals surface area (Å²) in [7, 11) is 0. The second-order valence-electron chi connectivity index (χ2n) is 6.62. The minimum Gasteiger partial charge on any atom is -0.461 e. The van der Waals surface area contributed by atoms with Crippen LogP contribution >= 0.6 is 11.6 Å². The molecule has 5 aromatic rings. The summed E-state index contributed by atoms with van der Waals surface area (Å²) in [5.74, 6) is 0.957. The standard InChI is InChI=1S/C19H14ClN7O2/c1-19(17(20)28,11-6-3-2-4-7-11)27-16-12(10-22-27)15-23-14(13-8-5-9-29-13)25-26(15)18(21)24-16/h2-10H,1H3,(H2,21,24). The summed E-state index contributed by atoms with van der Waals surface area (Å²) in [6, 6.07) is 12.6. The van der Waals surface area contributed by atoms with Crippen LogP contribution in [0.5, 0.6) is 0 Å². The van der Waals surface area contributed by atoms with Gasteiger partial charge >= 0.3 is 0 Å². The van der Waals surface area contributed by atoms with E-state index < -0.39 is 10.8 Å². The van der Waals surface area contributed by atoms with Crippen LogP contribution in [-0.2, 0) is 10.3 Å². The van der Waals surface area contributed by atoms with E-state index in [0.717, 1.165) is 0 Å². The van der Waals surface area contributed by atoms with E-state index in [0.29, 0.717) is 33.8 Å². The normalized spacial score (nSPS) is 13.7. The molecule has 10 heteroatoms. The third-order valence-corrected chi connectivity index (χ3v) is 5.28. The van der Waals surface area contributed by atoms with E-state index in [1.54, 1.807) is 25.3 Å². The number of carbonyl (C=O) groups is 1. The predicted molar refractivity (Wildman–Crippen MR) is 106 cm³/mol. The number of furan rings is 1. The Balaban J connectivity index is 1.79. The van der Waals surface area contributed by atoms with E-state index in [2.05, 4.69) is 20.2 Å². The molecule has 0 amide bonds. The molecule has 2 N–H and O–H groups in total. The monoisotopic (exact) mass is 407 g/mol. The van der Waals surface area contributed by atoms with Crippen LogP contribution in [0.25, 0.3) is 28.3 Å². The molecule has 144 valence electrons. The Hall–Kier alpha value is -3.72. The van der Waals surface area contributed by atoms with Gasteiger partial charge in [-0.2, -0.15) is 14.6 Å². The summed E-state index contributed by atoms with van der Waals surface area (Å²) in [5.41, 5.74) is 6.33. The molecule has 0 aliphatic rings. The molecule has 1 atom stereocenters. The summed E-state index contributed by atoms with van der Waals surface area (Å²) >= 11 is 6.04. The zero-order valence-electron chi connectivity index (χ0n) is 15.2. The number of nitrogens with two attached hydrogens (primary N) is 1. The molecule has 5 rings (SSSR count). The number of halogens is 1. The van der Waals surface area contributed by atoms with E-state index >= 15 is 0 Å². The smallest absolute Gasteiger partial charge is 0.253 e. The molecule has 0 aliphatic heterocycles. The molecular weight excluding hydrogens is 394 g/mol. The minimum absolute atomic E-state index is 0.0944. The molecule has 0 saturated carbocycles. The van der Waals surface area contributed by atoms with Gasteiger partial charge < -0.3 is 10.2 Å². The van der Waals surface area contributed by atoms with Crippen LogP contribution < -0.4 is 5.73 Å². The largest absolute Gasteiger partial charge is 0.461 e. The third-order valence-electron chi connectivity index (χ3n) is 4.91. The molecule has 0 spiro atoms. The number of hydrogen-bond acceptors (Lipinski definition) is 7. The number of benzene rings is 1. The van der Waals surface area contributed by atoms with Crippen molar-refractivity contribution in [1.29, 1.82) is 0 Å². The Bertz CT molecular complexity index is 1360. The number of rotatable bonds is 4. The fraction of sp³-hybridized carbons (Fsp3) is 0.105. The Labute approximate surface area is 168 Å². The van der Waals surface area contributed by atoms with Gasteiger partial charge in [0.1, 0.15) is 0 Å². The molecule has 4 heterocycles. The Morgan fingerprint density at radius 3 is 2.62 bits per heavy atom. The van der Waals surface area contributed by atoms with Crippen LogP contribution in [0, 0.1) is 0 Å². The molecule has 1 unspecified atom stereocenters. The van der Waals surface area contributed by atoms with Gasteiger partial charge in [0.25, 0.3) is 5.24 Å². The fourth-order valence-electron chi connectivity index (χ4n) is 3.33. The summed E-state index contributed by atoms with van der Waals surface area (Å²) in [4.78, 5) is 21.5. The van der Waals surface area contributed by atoms with Crippen molar-refractivity contribution in [2.75, 3.05) is 5.73 Å². The zero-order valence-corrected chi connectivity index (χ0v) is 15.9. The van der Waals surface area contributed by atoms with Crippen molar-refractivity contribution in [3.63, 3.8) is 0 Å². The second kappa shape index (κ2) is 6.14. The molecule has 0 radical (unpaired) electrons. The lowest BCUT2D eigenvalue weighted by Gasteiger charge is -2.26. The lowest BCUT2D eigenvalue weighted by molar-refractivity contribution is -0.117. The topological polar surface area (TPSA) is 117 Å². The highest BCUT2D eigenvalue weighted by atomic mass is 35.5. The lowest BCUT2D eigenvalue weighted by Crippen LogP contribution is -2.38. The maximum absolute atomic E-state index is 12.5. The highest BCUT2D eigenvalue weighted by Crippen LogP contribution is 2.32. The van der Waals surface area contributed by atoms with Crippen LogP contribution in [0.4, 0.5) is 5.95 Å². The predicted octanol–water partition coefficient (Wildman–Crippen LogP) is 2.85. The molecule has 4 aromatic heterocycles. The molecule has 0 saturated heterocycles. The first-order chi connectivity index (χ1) is 14.0. The van der Waals surface area contributed by atoms with Crippen molar-refractivity contribution in [1.82, 2.24) is 29.4 Å². The first-order valence-corrected chi connectivity index (χ1v) is 9.07. The molecule has 0 bridgehead atoms. The van der Waals surface area contributed by atoms with Gasteiger partial charge in [-0.05, 0) is 36.2 Å². The van der Waals surface area contributed by atoms with Crippen molar-refractivity contribution in [2.45, 2.75) is 12.5 Å². The number of anilines is 1. The van der Waals surface area contributed by atoms with Gasteiger partial charge in [-0.25, -0.2) is 9.67 Å². The highest BCUT2D eigenvalue weighted by Gasteiger charge is 2.39. The summed E-state index contributed by atoms with van der Waals surface area (Å²) in [5, 5.41) is 8.75. The van der Waals surface area contributed by atoms with Gasteiger partial charge in [-0.3, -0.25) is 4.79 Å². The van der Waals surface area contributed by atoms with E-state index in [4.69, 9.17) is 21.8 Å². The SMILES string of the molecule is CC(C(=O)Cl)(c1ccccc1)n1ncc2c1nc(N)n1nc(-c3ccco3)nc21. The van der Waals surface area contributed by atoms with Crippen molar-refractivity contribution in [3.05, 3.63) is 60.5 Å². The summed E-state index contributed by atoms with van der Waals surface area (Å²) < 4.78 is 8.24. The van der Waals surface area contributed by atoms with Crippen molar-refractivity contribution in [3.8, 4) is 11.6 Å². The number of carbonyl (C=O) groups excluding carboxylic acids is 1. The van der Waals surface area contributed by atoms with Crippen LogP contribution in [0.3, 0.4) is 0 Å². The number of nitrogens with zero attached hydrogens (tertiary/aromatic N) is 6. The summed E-state index contributed by atoms with van der Waals surface area (Å²) in [6.45, 7) is 1.68. The molecule has 0 fully saturated rings. The van der Waals surface area contributed by atoms with E-state index in [1.807, 2.05) is 30.3 Å². The Kier molecular flexibility index (Phi) is 3.68. The van der Waals surface area contributed by atoms with Crippen molar-refractivity contribution >= 4 is 39.5 Å². The molecule has 9 nitrogen and oxygen atoms in total. The number of aromatic nitrogens is 6. The fourth-order valence-corrected chi connectivity index (χ4v) is 3.52. The molecule has 29 heavy (non-hydrogen) atoms. The first-order valence-electron chi connectivity index (χ1n) is 8.70. The lowest BCUT2D eigenvalue weighted by atomic mass is 9.93. The molecule has 0 aliphatic carbocycles. The van der Waals surface area contributed by atoms with Crippen LogP contribution in [0.15, 0.2) is 59.3 Å². The van der Waals surface area contributed by atoms with Gasteiger partial charge in [-0.1, -0.05) is 30.3 Å². The van der Waals surface area contributed by atoms with Gasteiger partial charge in [0, 0.05) is 0 Å². The average molecular weight is 408 g/mol. The van der Waals surface area contributed by atoms with Gasteiger partial charge in [-0.15, -0.1) is 5.10 Å². The van der Waals surface area contributed by atoms with Gasteiger partial charge in [0.15, 0.2) is 22.6 Å². The van der Waals surface area contributed by atoms with Gasteiger partial charge in [0.05, 0.1) is 17.8 Å². The van der Waals surface area contributed by atoms with Crippen molar-refractivity contribution in [2.24, 2.45) is 0 Å². The number of fused-ring (bicyclic) bond motifs is 3. The third kappa shape index (κ3) is 2.44. The average Bonchev–Trinajstić information content (AvgIpc) is 3.46. The Morgan fingerprint density at radius 1 is 1.14 bits per heavy atom. The maximum atomic E-state index is 12.5. The second-order valence-corrected chi connectivity index (χ2v) is 6.97. The number of nitrogen functional groups attached to an aromatic ring is 1. The van der Waals surface area contributed by atoms with E-state index in [1.165, 1.54) is 15.5 Å². The molecule has 1 aromatic carbocycles. The maximum Gasteiger partial charge on any atom is 0.253 e. The first kappa shape index (κ1) is 17.4. The number of hydrogen-bond donors (Lipinski definition) is 1. The minimum atomic E-state index is -1.29. The Morgan fingerprint density at radius 2 is 1.93 bits per heavy atom. The van der Waals surface area contributed by atoms with Crippen LogP contribution in [0.2, 0.25) is 0 Å². The quantitative estimate of drug-likeness (QED) is 0.455. The van der Waals surface area contributed by atoms with Crippen LogP contribution in [0.1, 0.15) is 12.5 Å². The highest BCUT2D eigenvalue weighted by molar-refractivity contribution is 6.65. The van der Waals surface area contributed by atoms with E-state index in [9.17, 15) is 4.79 Å².